The van der Waals surface area contributed by atoms with Crippen LogP contribution in [0.15, 0.2) is 71.9 Å². The van der Waals surface area contributed by atoms with Gasteiger partial charge in [-0.25, -0.2) is 15.0 Å². The number of nitrogens with zero attached hydrogens (tertiary/aromatic N) is 4. The summed E-state index contributed by atoms with van der Waals surface area (Å²) in [5, 5.41) is 7.41. The fourth-order valence-corrected chi connectivity index (χ4v) is 4.57. The molecular formula is C25H25N6O2S-. The van der Waals surface area contributed by atoms with Crippen LogP contribution in [0.2, 0.25) is 0 Å². The molecule has 1 fully saturated rings. The zero-order valence-electron chi connectivity index (χ0n) is 18.6. The first-order valence-electron chi connectivity index (χ1n) is 11.3. The van der Waals surface area contributed by atoms with E-state index in [0.29, 0.717) is 11.6 Å². The molecule has 9 heteroatoms. The van der Waals surface area contributed by atoms with Gasteiger partial charge < -0.3 is 20.1 Å². The maximum absolute atomic E-state index is 11.3. The molecule has 1 aliphatic heterocycles. The number of benzene rings is 2. The molecule has 0 spiro atoms. The SMILES string of the molecule is O=S([O-])c1cccc(Nc2ncc3cccc(-c4ccc(NCCN5CCCC5)nc4)c3n2)c1. The van der Waals surface area contributed by atoms with Gasteiger partial charge in [0, 0.05) is 52.6 Å². The highest BCUT2D eigenvalue weighted by Crippen LogP contribution is 2.28. The van der Waals surface area contributed by atoms with E-state index in [1.165, 1.54) is 32.0 Å². The lowest BCUT2D eigenvalue weighted by atomic mass is 10.0. The third-order valence-electron chi connectivity index (χ3n) is 5.90. The molecule has 5 rings (SSSR count). The van der Waals surface area contributed by atoms with Gasteiger partial charge in [0.2, 0.25) is 5.95 Å². The molecule has 1 unspecified atom stereocenters. The average Bonchev–Trinajstić information content (AvgIpc) is 3.38. The highest BCUT2D eigenvalue weighted by Gasteiger charge is 2.11. The van der Waals surface area contributed by atoms with E-state index >= 15 is 0 Å². The van der Waals surface area contributed by atoms with E-state index in [1.54, 1.807) is 24.4 Å². The maximum atomic E-state index is 11.3. The fraction of sp³-hybridized carbons (Fsp3) is 0.240. The first kappa shape index (κ1) is 22.4. The molecule has 8 nitrogen and oxygen atoms in total. The molecule has 34 heavy (non-hydrogen) atoms. The molecule has 2 aromatic carbocycles. The van der Waals surface area contributed by atoms with E-state index < -0.39 is 11.1 Å². The Balaban J connectivity index is 1.34. The second-order valence-corrected chi connectivity index (χ2v) is 9.17. The number of likely N-dealkylation sites (tertiary alicyclic amines) is 1. The van der Waals surface area contributed by atoms with Crippen LogP contribution in [0.3, 0.4) is 0 Å². The lowest BCUT2D eigenvalue weighted by Crippen LogP contribution is -2.26. The molecular weight excluding hydrogens is 448 g/mol. The van der Waals surface area contributed by atoms with Crippen molar-refractivity contribution in [3.05, 3.63) is 67.0 Å². The van der Waals surface area contributed by atoms with E-state index in [4.69, 9.17) is 4.98 Å². The van der Waals surface area contributed by atoms with E-state index in [0.717, 1.165) is 40.9 Å². The number of para-hydroxylation sites is 1. The topological polar surface area (TPSA) is 106 Å². The number of nitrogens with one attached hydrogen (secondary N) is 2. The summed E-state index contributed by atoms with van der Waals surface area (Å²) in [6, 6.07) is 16.5. The van der Waals surface area contributed by atoms with Gasteiger partial charge >= 0.3 is 0 Å². The van der Waals surface area contributed by atoms with Crippen LogP contribution in [0.1, 0.15) is 12.8 Å². The highest BCUT2D eigenvalue weighted by atomic mass is 32.2. The van der Waals surface area contributed by atoms with Crippen LogP contribution in [0.4, 0.5) is 17.5 Å². The zero-order valence-corrected chi connectivity index (χ0v) is 19.4. The third-order valence-corrected chi connectivity index (χ3v) is 6.54. The van der Waals surface area contributed by atoms with E-state index in [9.17, 15) is 8.76 Å². The van der Waals surface area contributed by atoms with Gasteiger partial charge in [0.1, 0.15) is 5.82 Å². The molecule has 4 aromatic rings. The van der Waals surface area contributed by atoms with Crippen molar-refractivity contribution in [2.45, 2.75) is 17.7 Å². The second-order valence-electron chi connectivity index (χ2n) is 8.23. The van der Waals surface area contributed by atoms with Crippen LogP contribution in [0.5, 0.6) is 0 Å². The Hall–Kier alpha value is -3.40. The van der Waals surface area contributed by atoms with Crippen molar-refractivity contribution in [2.24, 2.45) is 0 Å². The van der Waals surface area contributed by atoms with Crippen molar-refractivity contribution in [1.29, 1.82) is 0 Å². The van der Waals surface area contributed by atoms with E-state index in [1.807, 2.05) is 36.5 Å². The molecule has 1 aliphatic rings. The van der Waals surface area contributed by atoms with Crippen molar-refractivity contribution in [1.82, 2.24) is 19.9 Å². The van der Waals surface area contributed by atoms with Crippen LogP contribution in [0, 0.1) is 0 Å². The van der Waals surface area contributed by atoms with Gasteiger partial charge in [0.15, 0.2) is 0 Å². The van der Waals surface area contributed by atoms with Gasteiger partial charge in [0.05, 0.1) is 5.52 Å². The van der Waals surface area contributed by atoms with Crippen molar-refractivity contribution < 1.29 is 8.76 Å². The van der Waals surface area contributed by atoms with Crippen LogP contribution in [-0.2, 0) is 11.1 Å². The van der Waals surface area contributed by atoms with Gasteiger partial charge in [-0.15, -0.1) is 0 Å². The highest BCUT2D eigenvalue weighted by molar-refractivity contribution is 7.79. The first-order valence-corrected chi connectivity index (χ1v) is 12.4. The maximum Gasteiger partial charge on any atom is 0.227 e. The predicted molar refractivity (Wildman–Crippen MR) is 134 cm³/mol. The summed E-state index contributed by atoms with van der Waals surface area (Å²) in [6.45, 7) is 4.30. The minimum absolute atomic E-state index is 0.201. The Morgan fingerprint density at radius 2 is 1.85 bits per heavy atom. The van der Waals surface area contributed by atoms with E-state index in [-0.39, 0.29) is 4.90 Å². The van der Waals surface area contributed by atoms with Gasteiger partial charge in [-0.05, 0) is 67.3 Å². The summed E-state index contributed by atoms with van der Waals surface area (Å²) < 4.78 is 22.5. The van der Waals surface area contributed by atoms with E-state index in [2.05, 4.69) is 25.5 Å². The molecule has 1 saturated heterocycles. The lowest BCUT2D eigenvalue weighted by molar-refractivity contribution is 0.352. The third kappa shape index (κ3) is 5.22. The van der Waals surface area contributed by atoms with Gasteiger partial charge in [-0.1, -0.05) is 24.3 Å². The van der Waals surface area contributed by atoms with Crippen molar-refractivity contribution in [3.8, 4) is 11.1 Å². The van der Waals surface area contributed by atoms with Crippen LogP contribution >= 0.6 is 0 Å². The summed E-state index contributed by atoms with van der Waals surface area (Å²) in [4.78, 5) is 16.4. The van der Waals surface area contributed by atoms with Gasteiger partial charge in [-0.2, -0.15) is 0 Å². The molecule has 174 valence electrons. The standard InChI is InChI=1S/C25H26N6O2S/c32-34(33)21-7-4-6-20(15-21)29-25-28-17-19-5-3-8-22(24(19)30-25)18-9-10-23(27-16-18)26-11-14-31-12-1-2-13-31/h3-10,15-17H,1-2,11-14H2,(H,26,27)(H,32,33)(H,28,29,30)/p-1. The number of anilines is 3. The number of rotatable bonds is 8. The molecule has 2 N–H and O–H groups in total. The Morgan fingerprint density at radius 3 is 2.65 bits per heavy atom. The summed E-state index contributed by atoms with van der Waals surface area (Å²) in [6.07, 6.45) is 6.21. The fourth-order valence-electron chi connectivity index (χ4n) is 4.16. The summed E-state index contributed by atoms with van der Waals surface area (Å²) in [7, 11) is 0. The number of fused-ring (bicyclic) bond motifs is 1. The minimum Gasteiger partial charge on any atom is -0.768 e. The van der Waals surface area contributed by atoms with Gasteiger partial charge in [0.25, 0.3) is 0 Å². The predicted octanol–water partition coefficient (Wildman–Crippen LogP) is 4.18. The van der Waals surface area contributed by atoms with Crippen molar-refractivity contribution in [3.63, 3.8) is 0 Å². The van der Waals surface area contributed by atoms with Gasteiger partial charge in [-0.3, -0.25) is 4.21 Å². The van der Waals surface area contributed by atoms with Crippen molar-refractivity contribution in [2.75, 3.05) is 36.8 Å². The second kappa shape index (κ2) is 10.3. The molecule has 2 aromatic heterocycles. The van der Waals surface area contributed by atoms with Crippen molar-refractivity contribution >= 4 is 39.4 Å². The molecule has 3 heterocycles. The number of hydrogen-bond acceptors (Lipinski definition) is 8. The molecule has 0 bridgehead atoms. The smallest absolute Gasteiger partial charge is 0.227 e. The Morgan fingerprint density at radius 1 is 1.00 bits per heavy atom. The molecule has 0 saturated carbocycles. The first-order chi connectivity index (χ1) is 16.7. The quantitative estimate of drug-likeness (QED) is 0.367. The summed E-state index contributed by atoms with van der Waals surface area (Å²) in [5.74, 6) is 1.25. The average molecular weight is 474 g/mol. The molecule has 1 atom stereocenters. The number of pyridine rings is 1. The summed E-state index contributed by atoms with van der Waals surface area (Å²) in [5.41, 5.74) is 3.31. The van der Waals surface area contributed by atoms with Crippen LogP contribution < -0.4 is 10.6 Å². The number of aromatic nitrogens is 3. The minimum atomic E-state index is -2.30. The zero-order chi connectivity index (χ0) is 23.3. The molecule has 0 amide bonds. The van der Waals surface area contributed by atoms with Crippen LogP contribution in [0.25, 0.3) is 22.0 Å². The Labute approximate surface area is 200 Å². The monoisotopic (exact) mass is 473 g/mol. The largest absolute Gasteiger partial charge is 0.768 e. The normalized spacial score (nSPS) is 14.9. The Kier molecular flexibility index (Phi) is 6.75. The number of hydrogen-bond donors (Lipinski definition) is 2. The molecule has 0 aliphatic carbocycles. The Bertz CT molecular complexity index is 1310. The molecule has 0 radical (unpaired) electrons. The lowest BCUT2D eigenvalue weighted by Gasteiger charge is -2.15. The van der Waals surface area contributed by atoms with Crippen LogP contribution in [-0.4, -0.2) is 54.8 Å². The summed E-state index contributed by atoms with van der Waals surface area (Å²) >= 11 is -2.30.